The maximum Gasteiger partial charge on any atom is 0.277 e. The molecule has 1 heterocycles. The zero-order valence-corrected chi connectivity index (χ0v) is 15.6. The summed E-state index contributed by atoms with van der Waals surface area (Å²) in [5.41, 5.74) is 4.64. The number of rotatable bonds is 6. The van der Waals surface area contributed by atoms with E-state index in [2.05, 4.69) is 26.1 Å². The molecule has 0 aliphatic carbocycles. The van der Waals surface area contributed by atoms with E-state index in [-0.39, 0.29) is 6.61 Å². The number of amides is 1. The van der Waals surface area contributed by atoms with Crippen molar-refractivity contribution in [3.63, 3.8) is 0 Å². The van der Waals surface area contributed by atoms with Gasteiger partial charge in [-0.15, -0.1) is 5.10 Å². The average molecular weight is 405 g/mol. The van der Waals surface area contributed by atoms with E-state index in [4.69, 9.17) is 27.9 Å². The van der Waals surface area contributed by atoms with Crippen molar-refractivity contribution in [1.29, 1.82) is 0 Å². The van der Waals surface area contributed by atoms with Gasteiger partial charge in [-0.25, -0.2) is 10.1 Å². The Hall–Kier alpha value is -2.97. The van der Waals surface area contributed by atoms with E-state index in [0.717, 1.165) is 11.3 Å². The van der Waals surface area contributed by atoms with Crippen LogP contribution in [0.5, 0.6) is 5.75 Å². The molecule has 0 atom stereocenters. The molecule has 0 unspecified atom stereocenters. The van der Waals surface area contributed by atoms with Gasteiger partial charge >= 0.3 is 0 Å². The van der Waals surface area contributed by atoms with Gasteiger partial charge in [0.25, 0.3) is 5.91 Å². The van der Waals surface area contributed by atoms with Gasteiger partial charge in [-0.3, -0.25) is 4.79 Å². The molecular weight excluding hydrogens is 391 g/mol. The van der Waals surface area contributed by atoms with Crippen molar-refractivity contribution in [2.75, 3.05) is 6.61 Å². The van der Waals surface area contributed by atoms with E-state index in [1.165, 1.54) is 17.1 Å². The molecule has 0 aliphatic heterocycles. The van der Waals surface area contributed by atoms with Crippen LogP contribution in [-0.4, -0.2) is 38.4 Å². The highest BCUT2D eigenvalue weighted by Gasteiger charge is 2.07. The summed E-state index contributed by atoms with van der Waals surface area (Å²) < 4.78 is 6.89. The standard InChI is InChI=1S/C17H14Cl2N6O2/c1-11(12-3-2-4-14(7-12)25-10-20-23-24-25)21-22-17(26)9-27-16-6-5-13(18)8-15(16)19/h2-8,10H,9H2,1H3,(H,22,26)/b21-11+. The topological polar surface area (TPSA) is 94.3 Å². The molecule has 0 saturated carbocycles. The van der Waals surface area contributed by atoms with Crippen molar-refractivity contribution in [3.8, 4) is 11.4 Å². The van der Waals surface area contributed by atoms with Gasteiger partial charge in [0.2, 0.25) is 0 Å². The number of nitrogens with one attached hydrogen (secondary N) is 1. The Morgan fingerprint density at radius 2 is 2.11 bits per heavy atom. The molecule has 1 N–H and O–H groups in total. The largest absolute Gasteiger partial charge is 0.482 e. The van der Waals surface area contributed by atoms with Crippen LogP contribution in [0.2, 0.25) is 10.0 Å². The maximum atomic E-state index is 11.9. The Labute approximate surface area is 164 Å². The number of hydrazone groups is 1. The van der Waals surface area contributed by atoms with E-state index in [1.807, 2.05) is 24.3 Å². The number of ether oxygens (including phenoxy) is 1. The van der Waals surface area contributed by atoms with Gasteiger partial charge in [-0.05, 0) is 53.2 Å². The second kappa shape index (κ2) is 8.61. The molecule has 0 radical (unpaired) electrons. The summed E-state index contributed by atoms with van der Waals surface area (Å²) in [6, 6.07) is 12.2. The Morgan fingerprint density at radius 3 is 2.85 bits per heavy atom. The van der Waals surface area contributed by atoms with Gasteiger partial charge in [-0.2, -0.15) is 5.10 Å². The predicted octanol–water partition coefficient (Wildman–Crippen LogP) is 2.89. The highest BCUT2D eigenvalue weighted by Crippen LogP contribution is 2.27. The Balaban J connectivity index is 1.60. The molecule has 8 nitrogen and oxygen atoms in total. The molecule has 1 aromatic heterocycles. The van der Waals surface area contributed by atoms with Crippen molar-refractivity contribution in [1.82, 2.24) is 25.6 Å². The molecule has 0 fully saturated rings. The Morgan fingerprint density at radius 1 is 1.26 bits per heavy atom. The fourth-order valence-corrected chi connectivity index (χ4v) is 2.59. The van der Waals surface area contributed by atoms with Crippen molar-refractivity contribution < 1.29 is 9.53 Å². The molecule has 0 spiro atoms. The Bertz CT molecular complexity index is 975. The van der Waals surface area contributed by atoms with Gasteiger partial charge < -0.3 is 4.74 Å². The molecule has 10 heteroatoms. The molecule has 3 rings (SSSR count). The normalized spacial score (nSPS) is 11.3. The lowest BCUT2D eigenvalue weighted by Crippen LogP contribution is -2.25. The quantitative estimate of drug-likeness (QED) is 0.503. The molecule has 27 heavy (non-hydrogen) atoms. The number of carbonyl (C=O) groups excluding carboxylic acids is 1. The average Bonchev–Trinajstić information content (AvgIpc) is 3.20. The number of nitrogens with zero attached hydrogens (tertiary/aromatic N) is 5. The summed E-state index contributed by atoms with van der Waals surface area (Å²) in [4.78, 5) is 11.9. The van der Waals surface area contributed by atoms with Crippen molar-refractivity contribution >= 4 is 34.8 Å². The fourth-order valence-electron chi connectivity index (χ4n) is 2.13. The summed E-state index contributed by atoms with van der Waals surface area (Å²) in [5.74, 6) is -0.0527. The molecular formula is C17H14Cl2N6O2. The Kier molecular flexibility index (Phi) is 6.00. The van der Waals surface area contributed by atoms with Crippen LogP contribution in [0.4, 0.5) is 0 Å². The van der Waals surface area contributed by atoms with E-state index in [1.54, 1.807) is 19.1 Å². The highest BCUT2D eigenvalue weighted by atomic mass is 35.5. The van der Waals surface area contributed by atoms with Crippen LogP contribution in [0.15, 0.2) is 53.9 Å². The molecule has 3 aromatic rings. The van der Waals surface area contributed by atoms with Crippen LogP contribution in [0.25, 0.3) is 5.69 Å². The lowest BCUT2D eigenvalue weighted by atomic mass is 10.1. The van der Waals surface area contributed by atoms with E-state index < -0.39 is 5.91 Å². The minimum atomic E-state index is -0.419. The first-order chi connectivity index (χ1) is 13.0. The molecule has 0 aliphatic rings. The van der Waals surface area contributed by atoms with Crippen LogP contribution in [0, 0.1) is 0 Å². The van der Waals surface area contributed by atoms with Gasteiger partial charge in [0, 0.05) is 5.02 Å². The number of aromatic nitrogens is 4. The zero-order chi connectivity index (χ0) is 19.2. The van der Waals surface area contributed by atoms with Crippen LogP contribution >= 0.6 is 23.2 Å². The number of hydrogen-bond donors (Lipinski definition) is 1. The number of tetrazole rings is 1. The van der Waals surface area contributed by atoms with Gasteiger partial charge in [0.1, 0.15) is 12.1 Å². The van der Waals surface area contributed by atoms with Crippen molar-refractivity contribution in [2.24, 2.45) is 5.10 Å². The fraction of sp³-hybridized carbons (Fsp3) is 0.118. The lowest BCUT2D eigenvalue weighted by molar-refractivity contribution is -0.123. The predicted molar refractivity (Wildman–Crippen MR) is 101 cm³/mol. The number of halogens is 2. The smallest absolute Gasteiger partial charge is 0.277 e. The third-order valence-electron chi connectivity index (χ3n) is 3.48. The first-order valence-corrected chi connectivity index (χ1v) is 8.53. The summed E-state index contributed by atoms with van der Waals surface area (Å²) in [5, 5.41) is 15.9. The molecule has 0 bridgehead atoms. The highest BCUT2D eigenvalue weighted by molar-refractivity contribution is 6.35. The monoisotopic (exact) mass is 404 g/mol. The molecule has 0 saturated heterocycles. The summed E-state index contributed by atoms with van der Waals surface area (Å²) in [7, 11) is 0. The number of hydrogen-bond acceptors (Lipinski definition) is 6. The second-order valence-corrected chi connectivity index (χ2v) is 6.24. The zero-order valence-electron chi connectivity index (χ0n) is 14.1. The van der Waals surface area contributed by atoms with E-state index in [9.17, 15) is 4.79 Å². The summed E-state index contributed by atoms with van der Waals surface area (Å²) >= 11 is 11.8. The van der Waals surface area contributed by atoms with Gasteiger partial charge in [-0.1, -0.05) is 35.3 Å². The summed E-state index contributed by atoms with van der Waals surface area (Å²) in [6.07, 6.45) is 1.49. The van der Waals surface area contributed by atoms with Crippen LogP contribution in [0.1, 0.15) is 12.5 Å². The minimum absolute atomic E-state index is 0.233. The van der Waals surface area contributed by atoms with Crippen LogP contribution < -0.4 is 10.2 Å². The summed E-state index contributed by atoms with van der Waals surface area (Å²) in [6.45, 7) is 1.54. The first-order valence-electron chi connectivity index (χ1n) is 7.78. The van der Waals surface area contributed by atoms with Crippen molar-refractivity contribution in [2.45, 2.75) is 6.92 Å². The second-order valence-electron chi connectivity index (χ2n) is 5.40. The minimum Gasteiger partial charge on any atom is -0.482 e. The van der Waals surface area contributed by atoms with Crippen LogP contribution in [0.3, 0.4) is 0 Å². The van der Waals surface area contributed by atoms with Crippen molar-refractivity contribution in [3.05, 3.63) is 64.4 Å². The van der Waals surface area contributed by atoms with Gasteiger partial charge in [0.15, 0.2) is 6.61 Å². The van der Waals surface area contributed by atoms with Gasteiger partial charge in [0.05, 0.1) is 16.4 Å². The number of carbonyl (C=O) groups is 1. The van der Waals surface area contributed by atoms with E-state index >= 15 is 0 Å². The number of benzene rings is 2. The maximum absolute atomic E-state index is 11.9. The third-order valence-corrected chi connectivity index (χ3v) is 4.01. The molecule has 138 valence electrons. The molecule has 2 aromatic carbocycles. The SMILES string of the molecule is C/C(=N\NC(=O)COc1ccc(Cl)cc1Cl)c1cccc(-n2cnnn2)c1. The molecule has 1 amide bonds. The van der Waals surface area contributed by atoms with Crippen LogP contribution in [-0.2, 0) is 4.79 Å². The third kappa shape index (κ3) is 5.02. The lowest BCUT2D eigenvalue weighted by Gasteiger charge is -2.08. The first kappa shape index (κ1) is 18.8. The van der Waals surface area contributed by atoms with E-state index in [0.29, 0.717) is 21.5 Å².